The second-order valence-corrected chi connectivity index (χ2v) is 6.63. The molecule has 0 radical (unpaired) electrons. The van der Waals surface area contributed by atoms with Gasteiger partial charge in [0.1, 0.15) is 24.7 Å². The van der Waals surface area contributed by atoms with Gasteiger partial charge in [-0.2, -0.15) is 0 Å². The van der Waals surface area contributed by atoms with Gasteiger partial charge in [-0.25, -0.2) is 9.59 Å². The summed E-state index contributed by atoms with van der Waals surface area (Å²) in [6, 6.07) is 15.2. The van der Waals surface area contributed by atoms with Crippen molar-refractivity contribution in [1.82, 2.24) is 10.7 Å². The molecule has 3 N–H and O–H groups in total. The fourth-order valence-electron chi connectivity index (χ4n) is 2.56. The summed E-state index contributed by atoms with van der Waals surface area (Å²) in [5, 5.41) is 2.45. The molecule has 0 aliphatic heterocycles. The van der Waals surface area contributed by atoms with E-state index < -0.39 is 18.1 Å². The monoisotopic (exact) mass is 447 g/mol. The van der Waals surface area contributed by atoms with Gasteiger partial charge in [-0.15, -0.1) is 0 Å². The molecule has 2 aromatic carbocycles. The molecule has 2 unspecified atom stereocenters. The van der Waals surface area contributed by atoms with Crippen molar-refractivity contribution in [3.05, 3.63) is 60.2 Å². The highest BCUT2D eigenvalue weighted by Gasteiger charge is 2.24. The highest BCUT2D eigenvalue weighted by atomic mass is 31.0. The van der Waals surface area contributed by atoms with Gasteiger partial charge in [-0.05, 0) is 24.1 Å². The third-order valence-electron chi connectivity index (χ3n) is 4.12. The molecular formula is C21H26N3O6P. The highest BCUT2D eigenvalue weighted by Crippen LogP contribution is 2.21. The highest BCUT2D eigenvalue weighted by molar-refractivity contribution is 7.16. The number of amides is 2. The lowest BCUT2D eigenvalue weighted by Gasteiger charge is -2.17. The number of carbonyl (C=O) groups is 3. The third-order valence-corrected chi connectivity index (χ3v) is 4.29. The van der Waals surface area contributed by atoms with Crippen LogP contribution in [0.1, 0.15) is 18.4 Å². The molecule has 0 aromatic heterocycles. The van der Waals surface area contributed by atoms with Crippen LogP contribution in [0.3, 0.4) is 0 Å². The summed E-state index contributed by atoms with van der Waals surface area (Å²) >= 11 is 0. The Kier molecular flexibility index (Phi) is 10.1. The van der Waals surface area contributed by atoms with Gasteiger partial charge in [0.25, 0.3) is 0 Å². The van der Waals surface area contributed by atoms with Crippen LogP contribution in [0, 0.1) is 0 Å². The van der Waals surface area contributed by atoms with E-state index in [0.29, 0.717) is 11.4 Å². The van der Waals surface area contributed by atoms with E-state index in [4.69, 9.17) is 14.2 Å². The zero-order valence-corrected chi connectivity index (χ0v) is 18.3. The Balaban J connectivity index is 1.84. The van der Waals surface area contributed by atoms with Gasteiger partial charge in [-0.1, -0.05) is 51.7 Å². The minimum Gasteiger partial charge on any atom is -0.495 e. The average molecular weight is 447 g/mol. The SMILES string of the molecule is COc1ccccc1NNC(=O)CCC(NC(=O)OCc1ccccc1)C(=O)OCP. The van der Waals surface area contributed by atoms with Gasteiger partial charge in [0.05, 0.1) is 12.8 Å². The van der Waals surface area contributed by atoms with E-state index >= 15 is 0 Å². The smallest absolute Gasteiger partial charge is 0.408 e. The molecule has 0 spiro atoms. The third kappa shape index (κ3) is 8.52. The number of carbonyl (C=O) groups excluding carboxylic acids is 3. The number of anilines is 1. The predicted molar refractivity (Wildman–Crippen MR) is 118 cm³/mol. The largest absolute Gasteiger partial charge is 0.495 e. The zero-order valence-electron chi connectivity index (χ0n) is 17.1. The van der Waals surface area contributed by atoms with Gasteiger partial charge in [0.15, 0.2) is 0 Å². The van der Waals surface area contributed by atoms with E-state index in [0.717, 1.165) is 5.56 Å². The lowest BCUT2D eigenvalue weighted by Crippen LogP contribution is -2.43. The van der Waals surface area contributed by atoms with Crippen molar-refractivity contribution in [2.75, 3.05) is 18.9 Å². The van der Waals surface area contributed by atoms with Crippen LogP contribution >= 0.6 is 9.24 Å². The molecule has 0 saturated carbocycles. The quantitative estimate of drug-likeness (QED) is 0.276. The van der Waals surface area contributed by atoms with Crippen LogP contribution in [0.4, 0.5) is 10.5 Å². The number of hydrogen-bond acceptors (Lipinski definition) is 7. The average Bonchev–Trinajstić information content (AvgIpc) is 2.80. The Morgan fingerprint density at radius 3 is 2.42 bits per heavy atom. The van der Waals surface area contributed by atoms with Crippen LogP contribution in [0.5, 0.6) is 5.75 Å². The maximum atomic E-state index is 12.2. The molecule has 9 nitrogen and oxygen atoms in total. The van der Waals surface area contributed by atoms with E-state index in [1.54, 1.807) is 24.3 Å². The molecular weight excluding hydrogens is 421 g/mol. The van der Waals surface area contributed by atoms with Crippen molar-refractivity contribution in [1.29, 1.82) is 0 Å². The van der Waals surface area contributed by atoms with Crippen molar-refractivity contribution in [2.24, 2.45) is 0 Å². The molecule has 0 saturated heterocycles. The summed E-state index contributed by atoms with van der Waals surface area (Å²) in [5.41, 5.74) is 6.69. The lowest BCUT2D eigenvalue weighted by molar-refractivity contribution is -0.144. The van der Waals surface area contributed by atoms with Crippen molar-refractivity contribution >= 4 is 32.9 Å². The fraction of sp³-hybridized carbons (Fsp3) is 0.286. The van der Waals surface area contributed by atoms with Crippen molar-refractivity contribution in [3.8, 4) is 5.75 Å². The van der Waals surface area contributed by atoms with Crippen LogP contribution in [-0.4, -0.2) is 37.5 Å². The molecule has 0 heterocycles. The summed E-state index contributed by atoms with van der Waals surface area (Å²) < 4.78 is 15.3. The first kappa shape index (κ1) is 24.0. The molecule has 2 amide bonds. The number of hydrogen-bond donors (Lipinski definition) is 3. The lowest BCUT2D eigenvalue weighted by atomic mass is 10.1. The van der Waals surface area contributed by atoms with Gasteiger partial charge < -0.3 is 19.5 Å². The molecule has 10 heteroatoms. The van der Waals surface area contributed by atoms with E-state index in [1.807, 2.05) is 30.3 Å². The van der Waals surface area contributed by atoms with E-state index in [1.165, 1.54) is 7.11 Å². The normalized spacial score (nSPS) is 11.0. The molecule has 31 heavy (non-hydrogen) atoms. The number of esters is 1. The molecule has 0 bridgehead atoms. The first-order valence-corrected chi connectivity index (χ1v) is 10.4. The van der Waals surface area contributed by atoms with Crippen molar-refractivity contribution in [2.45, 2.75) is 25.5 Å². The number of nitrogens with one attached hydrogen (secondary N) is 3. The molecule has 2 aromatic rings. The van der Waals surface area contributed by atoms with Gasteiger partial charge >= 0.3 is 12.1 Å². The molecule has 0 aliphatic rings. The Morgan fingerprint density at radius 1 is 1.00 bits per heavy atom. The molecule has 0 fully saturated rings. The molecule has 0 aliphatic carbocycles. The van der Waals surface area contributed by atoms with Crippen molar-refractivity contribution in [3.63, 3.8) is 0 Å². The standard InChI is InChI=1S/C21H26N3O6P/c1-28-18-10-6-5-9-16(18)23-24-19(25)12-11-17(20(26)30-14-31)22-21(27)29-13-15-7-3-2-4-8-15/h2-10,17,23H,11-14,31H2,1H3,(H,22,27)(H,24,25). The second-order valence-electron chi connectivity index (χ2n) is 6.30. The topological polar surface area (TPSA) is 115 Å². The van der Waals surface area contributed by atoms with Gasteiger partial charge in [-0.3, -0.25) is 15.6 Å². The van der Waals surface area contributed by atoms with Crippen LogP contribution < -0.4 is 20.9 Å². The Morgan fingerprint density at radius 2 is 1.71 bits per heavy atom. The zero-order chi connectivity index (χ0) is 22.5. The summed E-state index contributed by atoms with van der Waals surface area (Å²) in [6.07, 6.45) is -0.722. The molecule has 166 valence electrons. The Hall–Kier alpha value is -3.32. The maximum absolute atomic E-state index is 12.2. The molecule has 2 rings (SSSR count). The number of hydrazine groups is 1. The maximum Gasteiger partial charge on any atom is 0.408 e. The van der Waals surface area contributed by atoms with E-state index in [2.05, 4.69) is 25.4 Å². The van der Waals surface area contributed by atoms with Gasteiger partial charge in [0.2, 0.25) is 5.91 Å². The van der Waals surface area contributed by atoms with Crippen LogP contribution in [-0.2, 0) is 25.7 Å². The Bertz CT molecular complexity index is 865. The Labute approximate surface area is 183 Å². The summed E-state index contributed by atoms with van der Waals surface area (Å²) in [4.78, 5) is 36.4. The number of methoxy groups -OCH3 is 1. The number of ether oxygens (including phenoxy) is 3. The van der Waals surface area contributed by atoms with Crippen LogP contribution in [0.2, 0.25) is 0 Å². The predicted octanol–water partition coefficient (Wildman–Crippen LogP) is 2.59. The number of para-hydroxylation sites is 2. The van der Waals surface area contributed by atoms with E-state index in [9.17, 15) is 14.4 Å². The number of rotatable bonds is 11. The molecule has 2 atom stereocenters. The van der Waals surface area contributed by atoms with Crippen LogP contribution in [0.25, 0.3) is 0 Å². The van der Waals surface area contributed by atoms with Crippen molar-refractivity contribution < 1.29 is 28.6 Å². The number of alkyl carbamates (subject to hydrolysis) is 1. The second kappa shape index (κ2) is 13.1. The van der Waals surface area contributed by atoms with E-state index in [-0.39, 0.29) is 31.7 Å². The minimum atomic E-state index is -1.03. The van der Waals surface area contributed by atoms with Crippen LogP contribution in [0.15, 0.2) is 54.6 Å². The summed E-state index contributed by atoms with van der Waals surface area (Å²) in [6.45, 7) is 0.0569. The van der Waals surface area contributed by atoms with Gasteiger partial charge in [0, 0.05) is 6.42 Å². The summed E-state index contributed by atoms with van der Waals surface area (Å²) in [7, 11) is 3.78. The summed E-state index contributed by atoms with van der Waals surface area (Å²) in [5.74, 6) is -0.473. The minimum absolute atomic E-state index is 0.0311. The first-order valence-electron chi connectivity index (χ1n) is 9.55. The fourth-order valence-corrected chi connectivity index (χ4v) is 2.73. The first-order chi connectivity index (χ1) is 15.0. The number of benzene rings is 2.